The normalized spacial score (nSPS) is 11.9. The van der Waals surface area contributed by atoms with Crippen molar-refractivity contribution < 1.29 is 26.7 Å². The van der Waals surface area contributed by atoms with Crippen LogP contribution in [0.1, 0.15) is 12.0 Å². The van der Waals surface area contributed by atoms with Gasteiger partial charge < -0.3 is 4.74 Å². The predicted octanol–water partition coefficient (Wildman–Crippen LogP) is 5.07. The van der Waals surface area contributed by atoms with E-state index in [4.69, 9.17) is 11.6 Å². The van der Waals surface area contributed by atoms with Gasteiger partial charge in [-0.05, 0) is 36.7 Å². The van der Waals surface area contributed by atoms with Crippen molar-refractivity contribution in [2.24, 2.45) is 0 Å². The number of ether oxygens (including phenoxy) is 1. The predicted molar refractivity (Wildman–Crippen MR) is 64.0 cm³/mol. The fourth-order valence-electron chi connectivity index (χ4n) is 1.46. The van der Waals surface area contributed by atoms with E-state index in [-0.39, 0.29) is 40.3 Å². The number of thioether (sulfide) groups is 1. The van der Waals surface area contributed by atoms with Crippen molar-refractivity contribution in [3.63, 3.8) is 0 Å². The SMILES string of the molecule is FC(F)Oc1cccc(SC(F)(F)F)c1CCCCl. The first kappa shape index (κ1) is 16.4. The summed E-state index contributed by atoms with van der Waals surface area (Å²) in [6, 6.07) is 3.69. The lowest BCUT2D eigenvalue weighted by Gasteiger charge is -2.15. The van der Waals surface area contributed by atoms with Gasteiger partial charge in [-0.15, -0.1) is 11.6 Å². The number of hydrogen-bond acceptors (Lipinski definition) is 2. The van der Waals surface area contributed by atoms with Crippen molar-refractivity contribution in [2.75, 3.05) is 5.88 Å². The third-order valence-corrected chi connectivity index (χ3v) is 3.19. The average Bonchev–Trinajstić information content (AvgIpc) is 2.25. The van der Waals surface area contributed by atoms with Crippen LogP contribution in [0.15, 0.2) is 23.1 Å². The van der Waals surface area contributed by atoms with Crippen LogP contribution in [0.4, 0.5) is 22.0 Å². The van der Waals surface area contributed by atoms with Crippen molar-refractivity contribution in [2.45, 2.75) is 29.9 Å². The number of hydrogen-bond donors (Lipinski definition) is 0. The molecule has 0 amide bonds. The Morgan fingerprint density at radius 2 is 1.95 bits per heavy atom. The summed E-state index contributed by atoms with van der Waals surface area (Å²) in [7, 11) is 0. The smallest absolute Gasteiger partial charge is 0.435 e. The molecule has 1 aromatic carbocycles. The first-order chi connectivity index (χ1) is 8.83. The Labute approximate surface area is 116 Å². The summed E-state index contributed by atoms with van der Waals surface area (Å²) in [5, 5.41) is 0. The second-order valence-corrected chi connectivity index (χ2v) is 4.94. The summed E-state index contributed by atoms with van der Waals surface area (Å²) in [6.45, 7) is -3.08. The summed E-state index contributed by atoms with van der Waals surface area (Å²) in [5.74, 6) is -0.0200. The molecule has 0 saturated heterocycles. The Morgan fingerprint density at radius 3 is 2.47 bits per heavy atom. The van der Waals surface area contributed by atoms with Gasteiger partial charge in [0, 0.05) is 16.3 Å². The minimum absolute atomic E-state index is 0.103. The summed E-state index contributed by atoms with van der Waals surface area (Å²) >= 11 is 5.13. The molecular formula is C11H10ClF5OS. The van der Waals surface area contributed by atoms with Gasteiger partial charge in [-0.25, -0.2) is 0 Å². The minimum Gasteiger partial charge on any atom is -0.435 e. The van der Waals surface area contributed by atoms with Crippen LogP contribution in [-0.4, -0.2) is 18.0 Å². The summed E-state index contributed by atoms with van der Waals surface area (Å²) in [6.07, 6.45) is 0.515. The van der Waals surface area contributed by atoms with Crippen LogP contribution in [0.5, 0.6) is 5.75 Å². The van der Waals surface area contributed by atoms with E-state index >= 15 is 0 Å². The van der Waals surface area contributed by atoms with Gasteiger partial charge in [-0.2, -0.15) is 22.0 Å². The highest BCUT2D eigenvalue weighted by Gasteiger charge is 2.31. The van der Waals surface area contributed by atoms with Gasteiger partial charge in [-0.3, -0.25) is 0 Å². The molecule has 1 rings (SSSR count). The zero-order valence-corrected chi connectivity index (χ0v) is 11.1. The molecule has 0 aliphatic rings. The minimum atomic E-state index is -4.49. The maximum absolute atomic E-state index is 12.4. The number of benzene rings is 1. The molecule has 0 saturated carbocycles. The van der Waals surface area contributed by atoms with E-state index in [1.165, 1.54) is 18.2 Å². The largest absolute Gasteiger partial charge is 0.446 e. The molecule has 0 radical (unpaired) electrons. The summed E-state index contributed by atoms with van der Waals surface area (Å²) in [4.78, 5) is -0.143. The zero-order valence-electron chi connectivity index (χ0n) is 9.52. The van der Waals surface area contributed by atoms with Crippen molar-refractivity contribution in [3.8, 4) is 5.75 Å². The quantitative estimate of drug-likeness (QED) is 0.411. The molecule has 0 aliphatic heterocycles. The van der Waals surface area contributed by atoms with E-state index in [1.807, 2.05) is 0 Å². The highest BCUT2D eigenvalue weighted by atomic mass is 35.5. The molecular weight excluding hydrogens is 311 g/mol. The van der Waals surface area contributed by atoms with Crippen LogP contribution < -0.4 is 4.74 Å². The van der Waals surface area contributed by atoms with Crippen LogP contribution in [0, 0.1) is 0 Å². The zero-order chi connectivity index (χ0) is 14.5. The Hall–Kier alpha value is -0.690. The fraction of sp³-hybridized carbons (Fsp3) is 0.455. The monoisotopic (exact) mass is 320 g/mol. The molecule has 0 atom stereocenters. The van der Waals surface area contributed by atoms with Crippen LogP contribution in [-0.2, 0) is 6.42 Å². The Balaban J connectivity index is 3.06. The summed E-state index contributed by atoms with van der Waals surface area (Å²) in [5.41, 5.74) is -4.38. The average molecular weight is 321 g/mol. The highest BCUT2D eigenvalue weighted by molar-refractivity contribution is 8.00. The first-order valence-corrected chi connectivity index (χ1v) is 6.57. The van der Waals surface area contributed by atoms with Crippen LogP contribution in [0.25, 0.3) is 0 Å². The second kappa shape index (κ2) is 7.19. The Bertz CT molecular complexity index is 411. The molecule has 0 heterocycles. The van der Waals surface area contributed by atoms with Crippen LogP contribution in [0.3, 0.4) is 0 Å². The van der Waals surface area contributed by atoms with E-state index < -0.39 is 12.1 Å². The molecule has 0 aromatic heterocycles. The van der Waals surface area contributed by atoms with Gasteiger partial charge in [0.15, 0.2) is 0 Å². The fourth-order valence-corrected chi connectivity index (χ4v) is 2.32. The maximum Gasteiger partial charge on any atom is 0.446 e. The third-order valence-electron chi connectivity index (χ3n) is 2.09. The molecule has 19 heavy (non-hydrogen) atoms. The van der Waals surface area contributed by atoms with Gasteiger partial charge in [0.05, 0.1) is 0 Å². The Kier molecular flexibility index (Phi) is 6.19. The third kappa shape index (κ3) is 5.86. The molecule has 1 aromatic rings. The van der Waals surface area contributed by atoms with E-state index in [9.17, 15) is 22.0 Å². The van der Waals surface area contributed by atoms with Crippen molar-refractivity contribution >= 4 is 23.4 Å². The number of halogens is 6. The van der Waals surface area contributed by atoms with Crippen molar-refractivity contribution in [3.05, 3.63) is 23.8 Å². The number of alkyl halides is 6. The van der Waals surface area contributed by atoms with Gasteiger partial charge in [0.1, 0.15) is 5.75 Å². The van der Waals surface area contributed by atoms with E-state index in [2.05, 4.69) is 4.74 Å². The van der Waals surface area contributed by atoms with Gasteiger partial charge in [0.25, 0.3) is 0 Å². The molecule has 0 fully saturated rings. The molecule has 0 N–H and O–H groups in total. The van der Waals surface area contributed by atoms with Crippen LogP contribution >= 0.6 is 23.4 Å². The lowest BCUT2D eigenvalue weighted by molar-refractivity contribution is -0.0506. The van der Waals surface area contributed by atoms with Crippen molar-refractivity contribution in [1.82, 2.24) is 0 Å². The molecule has 0 spiro atoms. The lowest BCUT2D eigenvalue weighted by Crippen LogP contribution is -2.07. The summed E-state index contributed by atoms with van der Waals surface area (Å²) < 4.78 is 65.8. The van der Waals surface area contributed by atoms with Gasteiger partial charge in [-0.1, -0.05) is 6.07 Å². The van der Waals surface area contributed by atoms with Gasteiger partial charge >= 0.3 is 12.1 Å². The van der Waals surface area contributed by atoms with Crippen molar-refractivity contribution in [1.29, 1.82) is 0 Å². The first-order valence-electron chi connectivity index (χ1n) is 5.22. The second-order valence-electron chi connectivity index (χ2n) is 3.45. The molecule has 8 heteroatoms. The van der Waals surface area contributed by atoms with E-state index in [0.717, 1.165) is 0 Å². The highest BCUT2D eigenvalue weighted by Crippen LogP contribution is 2.41. The van der Waals surface area contributed by atoms with Crippen LogP contribution in [0.2, 0.25) is 0 Å². The molecule has 1 nitrogen and oxygen atoms in total. The molecule has 108 valence electrons. The maximum atomic E-state index is 12.4. The standard InChI is InChI=1S/C11H10ClF5OS/c12-6-2-3-7-8(18-10(13)14)4-1-5-9(7)19-11(15,16)17/h1,4-5,10H,2-3,6H2. The van der Waals surface area contributed by atoms with Gasteiger partial charge in [0.2, 0.25) is 0 Å². The molecule has 0 aliphatic carbocycles. The molecule has 0 bridgehead atoms. The van der Waals surface area contributed by atoms with E-state index in [0.29, 0.717) is 6.42 Å². The lowest BCUT2D eigenvalue weighted by atomic mass is 10.1. The number of rotatable bonds is 6. The van der Waals surface area contributed by atoms with E-state index in [1.54, 1.807) is 0 Å². The topological polar surface area (TPSA) is 9.23 Å². The Morgan fingerprint density at radius 1 is 1.26 bits per heavy atom. The molecule has 0 unspecified atom stereocenters.